The first-order valence-electron chi connectivity index (χ1n) is 7.83. The van der Waals surface area contributed by atoms with E-state index < -0.39 is 0 Å². The Bertz CT molecular complexity index is 417. The number of hydrogen-bond acceptors (Lipinski definition) is 5. The zero-order valence-corrected chi connectivity index (χ0v) is 13.4. The number of hydrogen-bond donors (Lipinski definition) is 2. The van der Waals surface area contributed by atoms with Crippen LogP contribution in [0.3, 0.4) is 0 Å². The summed E-state index contributed by atoms with van der Waals surface area (Å²) in [4.78, 5) is 0. The van der Waals surface area contributed by atoms with Crippen LogP contribution < -0.4 is 16.0 Å². The molecular weight excluding hydrogens is 268 g/mol. The third kappa shape index (κ3) is 3.07. The summed E-state index contributed by atoms with van der Waals surface area (Å²) in [7, 11) is 3.45. The molecule has 1 aliphatic rings. The van der Waals surface area contributed by atoms with Crippen molar-refractivity contribution in [2.75, 3.05) is 14.2 Å². The fourth-order valence-corrected chi connectivity index (χ4v) is 3.50. The van der Waals surface area contributed by atoms with Crippen LogP contribution in [0.15, 0.2) is 6.20 Å². The van der Waals surface area contributed by atoms with Crippen LogP contribution in [0, 0.1) is 0 Å². The van der Waals surface area contributed by atoms with Gasteiger partial charge in [0.2, 0.25) is 0 Å². The van der Waals surface area contributed by atoms with E-state index in [9.17, 15) is 0 Å². The smallest absolute Gasteiger partial charge is 0.161 e. The molecule has 1 heterocycles. The number of hydrazine groups is 1. The van der Waals surface area contributed by atoms with Crippen molar-refractivity contribution in [3.63, 3.8) is 0 Å². The number of aryl methyl sites for hydroxylation is 1. The third-order valence-electron chi connectivity index (χ3n) is 4.69. The van der Waals surface area contributed by atoms with E-state index in [1.54, 1.807) is 20.4 Å². The average molecular weight is 296 g/mol. The Labute approximate surface area is 126 Å². The molecule has 6 heteroatoms. The summed E-state index contributed by atoms with van der Waals surface area (Å²) in [5.41, 5.74) is 3.66. The van der Waals surface area contributed by atoms with Crippen LogP contribution in [-0.4, -0.2) is 29.6 Å². The van der Waals surface area contributed by atoms with Crippen molar-refractivity contribution in [1.29, 1.82) is 0 Å². The Morgan fingerprint density at radius 2 is 2.00 bits per heavy atom. The first-order chi connectivity index (χ1) is 10.2. The minimum Gasteiger partial charge on any atom is -0.493 e. The number of nitrogens with one attached hydrogen (secondary N) is 1. The molecule has 21 heavy (non-hydrogen) atoms. The number of nitrogens with two attached hydrogens (primary N) is 1. The summed E-state index contributed by atoms with van der Waals surface area (Å²) in [6.07, 6.45) is 8.58. The highest BCUT2D eigenvalue weighted by Gasteiger charge is 2.42. The van der Waals surface area contributed by atoms with Crippen LogP contribution in [0.4, 0.5) is 0 Å². The molecule has 1 aromatic rings. The number of ether oxygens (including phenoxy) is 2. The van der Waals surface area contributed by atoms with Gasteiger partial charge in [-0.1, -0.05) is 25.7 Å². The molecule has 0 aliphatic heterocycles. The fraction of sp³-hybridized carbons (Fsp3) is 0.800. The third-order valence-corrected chi connectivity index (χ3v) is 4.69. The van der Waals surface area contributed by atoms with E-state index in [0.717, 1.165) is 43.7 Å². The molecule has 120 valence electrons. The summed E-state index contributed by atoms with van der Waals surface area (Å²) in [5, 5.41) is 4.40. The molecule has 1 unspecified atom stereocenters. The fourth-order valence-electron chi connectivity index (χ4n) is 3.50. The van der Waals surface area contributed by atoms with Gasteiger partial charge < -0.3 is 9.47 Å². The molecule has 2 rings (SSSR count). The van der Waals surface area contributed by atoms with Gasteiger partial charge in [-0.15, -0.1) is 0 Å². The van der Waals surface area contributed by atoms with Crippen LogP contribution in [0.25, 0.3) is 0 Å². The van der Waals surface area contributed by atoms with Gasteiger partial charge in [-0.25, -0.2) is 5.43 Å². The van der Waals surface area contributed by atoms with E-state index in [0.29, 0.717) is 0 Å². The molecular formula is C15H28N4O2. The van der Waals surface area contributed by atoms with Crippen molar-refractivity contribution in [2.24, 2.45) is 5.84 Å². The van der Waals surface area contributed by atoms with Gasteiger partial charge in [-0.05, 0) is 19.8 Å². The maximum atomic E-state index is 6.00. The van der Waals surface area contributed by atoms with E-state index >= 15 is 0 Å². The second-order valence-electron chi connectivity index (χ2n) is 5.70. The van der Waals surface area contributed by atoms with Crippen LogP contribution in [0.2, 0.25) is 0 Å². The molecule has 0 amide bonds. The van der Waals surface area contributed by atoms with E-state index in [1.807, 2.05) is 4.68 Å². The average Bonchev–Trinajstić information content (AvgIpc) is 2.77. The number of aromatic nitrogens is 2. The predicted octanol–water partition coefficient (Wildman–Crippen LogP) is 2.16. The minimum atomic E-state index is -0.300. The maximum absolute atomic E-state index is 6.00. The summed E-state index contributed by atoms with van der Waals surface area (Å²) in [6.45, 7) is 2.84. The second kappa shape index (κ2) is 7.24. The molecule has 3 N–H and O–H groups in total. The lowest BCUT2D eigenvalue weighted by atomic mass is 9.84. The normalized spacial score (nSPS) is 20.0. The van der Waals surface area contributed by atoms with E-state index in [2.05, 4.69) is 17.4 Å². The van der Waals surface area contributed by atoms with Crippen LogP contribution >= 0.6 is 0 Å². The van der Waals surface area contributed by atoms with E-state index in [-0.39, 0.29) is 11.6 Å². The van der Waals surface area contributed by atoms with Crippen LogP contribution in [-0.2, 0) is 11.3 Å². The molecule has 0 radical (unpaired) electrons. The Balaban J connectivity index is 2.43. The lowest BCUT2D eigenvalue weighted by Crippen LogP contribution is -2.48. The van der Waals surface area contributed by atoms with Crippen molar-refractivity contribution in [3.05, 3.63) is 11.9 Å². The van der Waals surface area contributed by atoms with Gasteiger partial charge in [0.15, 0.2) is 5.75 Å². The van der Waals surface area contributed by atoms with Crippen LogP contribution in [0.5, 0.6) is 5.75 Å². The summed E-state index contributed by atoms with van der Waals surface area (Å²) < 4.78 is 13.4. The second-order valence-corrected chi connectivity index (χ2v) is 5.70. The zero-order chi connectivity index (χ0) is 15.3. The monoisotopic (exact) mass is 296 g/mol. The zero-order valence-electron chi connectivity index (χ0n) is 13.4. The predicted molar refractivity (Wildman–Crippen MR) is 82.0 cm³/mol. The molecule has 1 saturated carbocycles. The summed E-state index contributed by atoms with van der Waals surface area (Å²) >= 11 is 0. The van der Waals surface area contributed by atoms with Gasteiger partial charge in [0.05, 0.1) is 24.9 Å². The first kappa shape index (κ1) is 16.3. The van der Waals surface area contributed by atoms with E-state index in [1.165, 1.54) is 12.8 Å². The Morgan fingerprint density at radius 1 is 1.33 bits per heavy atom. The number of methoxy groups -OCH3 is 2. The molecule has 0 aromatic carbocycles. The number of rotatable bonds is 6. The SMILES string of the molecule is CCn1ncc(OC)c1C(NN)C1(OC)CCCCCC1. The topological polar surface area (TPSA) is 74.3 Å². The van der Waals surface area contributed by atoms with Gasteiger partial charge in [0, 0.05) is 13.7 Å². The van der Waals surface area contributed by atoms with Gasteiger partial charge in [-0.3, -0.25) is 10.5 Å². The molecule has 1 fully saturated rings. The Morgan fingerprint density at radius 3 is 2.48 bits per heavy atom. The highest BCUT2D eigenvalue weighted by molar-refractivity contribution is 5.31. The van der Waals surface area contributed by atoms with Crippen LogP contribution in [0.1, 0.15) is 57.2 Å². The molecule has 1 aromatic heterocycles. The molecule has 1 atom stereocenters. The lowest BCUT2D eigenvalue weighted by Gasteiger charge is -2.39. The Kier molecular flexibility index (Phi) is 5.61. The maximum Gasteiger partial charge on any atom is 0.161 e. The first-order valence-corrected chi connectivity index (χ1v) is 7.83. The van der Waals surface area contributed by atoms with Crippen molar-refractivity contribution >= 4 is 0 Å². The molecule has 1 aliphatic carbocycles. The van der Waals surface area contributed by atoms with Gasteiger partial charge in [-0.2, -0.15) is 5.10 Å². The quantitative estimate of drug-likeness (QED) is 0.478. The number of nitrogens with zero attached hydrogens (tertiary/aromatic N) is 2. The molecule has 0 spiro atoms. The molecule has 0 bridgehead atoms. The van der Waals surface area contributed by atoms with Crippen molar-refractivity contribution in [3.8, 4) is 5.75 Å². The highest BCUT2D eigenvalue weighted by Crippen LogP contribution is 2.42. The van der Waals surface area contributed by atoms with E-state index in [4.69, 9.17) is 15.3 Å². The lowest BCUT2D eigenvalue weighted by molar-refractivity contribution is -0.0566. The van der Waals surface area contributed by atoms with Gasteiger partial charge in [0.1, 0.15) is 5.69 Å². The molecule has 0 saturated heterocycles. The largest absolute Gasteiger partial charge is 0.493 e. The van der Waals surface area contributed by atoms with Gasteiger partial charge in [0.25, 0.3) is 0 Å². The highest BCUT2D eigenvalue weighted by atomic mass is 16.5. The summed E-state index contributed by atoms with van der Waals surface area (Å²) in [5.74, 6) is 6.69. The minimum absolute atomic E-state index is 0.127. The van der Waals surface area contributed by atoms with Crippen molar-refractivity contribution in [2.45, 2.75) is 63.6 Å². The van der Waals surface area contributed by atoms with Crippen molar-refractivity contribution in [1.82, 2.24) is 15.2 Å². The van der Waals surface area contributed by atoms with Crippen molar-refractivity contribution < 1.29 is 9.47 Å². The summed E-state index contributed by atoms with van der Waals surface area (Å²) in [6, 6.07) is -0.127. The standard InChI is InChI=1S/C15H28N4O2/c1-4-19-13(12(20-2)11-17-19)14(18-16)15(21-3)9-7-5-6-8-10-15/h11,14,18H,4-10,16H2,1-3H3. The van der Waals surface area contributed by atoms with Gasteiger partial charge >= 0.3 is 0 Å². The molecule has 6 nitrogen and oxygen atoms in total. The Hall–Kier alpha value is -1.11.